The summed E-state index contributed by atoms with van der Waals surface area (Å²) >= 11 is 5.49. The van der Waals surface area contributed by atoms with Gasteiger partial charge in [0.15, 0.2) is 0 Å². The fraction of sp³-hybridized carbons (Fsp3) is 0.462. The Balaban J connectivity index is 2.77. The molecule has 1 unspecified atom stereocenters. The van der Waals surface area contributed by atoms with Crippen LogP contribution >= 0.6 is 11.6 Å². The lowest BCUT2D eigenvalue weighted by atomic mass is 10.2. The standard InChI is InChI=1S/C13H16ClF3N2O2/c1-8(20)5-6-19(2)12(21)18-9-3-4-11(14)10(7-9)13(15,16)17/h3-4,7-8,20H,5-6H2,1-2H3,(H,18,21). The number of nitrogens with zero attached hydrogens (tertiary/aromatic N) is 1. The van der Waals surface area contributed by atoms with E-state index in [1.165, 1.54) is 18.0 Å². The first-order valence-corrected chi connectivity index (χ1v) is 6.56. The van der Waals surface area contributed by atoms with Crippen LogP contribution in [-0.4, -0.2) is 35.7 Å². The van der Waals surface area contributed by atoms with Gasteiger partial charge in [-0.1, -0.05) is 11.6 Å². The molecule has 1 rings (SSSR count). The third kappa shape index (κ3) is 5.43. The molecule has 0 spiro atoms. The van der Waals surface area contributed by atoms with Crippen LogP contribution in [0.5, 0.6) is 0 Å². The van der Waals surface area contributed by atoms with Gasteiger partial charge in [-0.05, 0) is 31.5 Å². The van der Waals surface area contributed by atoms with E-state index in [0.29, 0.717) is 6.42 Å². The number of aliphatic hydroxyl groups excluding tert-OH is 1. The number of carbonyl (C=O) groups is 1. The first-order chi connectivity index (χ1) is 9.61. The van der Waals surface area contributed by atoms with E-state index >= 15 is 0 Å². The predicted octanol–water partition coefficient (Wildman–Crippen LogP) is 3.59. The number of benzene rings is 1. The molecule has 1 atom stereocenters. The maximum Gasteiger partial charge on any atom is 0.417 e. The van der Waals surface area contributed by atoms with Crippen molar-refractivity contribution in [1.82, 2.24) is 4.90 Å². The summed E-state index contributed by atoms with van der Waals surface area (Å²) in [6.45, 7) is 1.86. The Hall–Kier alpha value is -1.47. The van der Waals surface area contributed by atoms with Crippen molar-refractivity contribution in [2.45, 2.75) is 25.6 Å². The van der Waals surface area contributed by atoms with Gasteiger partial charge in [0.1, 0.15) is 0 Å². The molecule has 0 heterocycles. The van der Waals surface area contributed by atoms with Crippen LogP contribution in [0.3, 0.4) is 0 Å². The highest BCUT2D eigenvalue weighted by Gasteiger charge is 2.33. The number of alkyl halides is 3. The summed E-state index contributed by atoms with van der Waals surface area (Å²) in [5.41, 5.74) is -1.01. The second-order valence-corrected chi connectivity index (χ2v) is 5.09. The maximum atomic E-state index is 12.7. The van der Waals surface area contributed by atoms with Crippen LogP contribution in [0, 0.1) is 0 Å². The summed E-state index contributed by atoms with van der Waals surface area (Å²) in [7, 11) is 1.48. The van der Waals surface area contributed by atoms with Gasteiger partial charge in [0, 0.05) is 19.3 Å². The molecule has 2 N–H and O–H groups in total. The molecule has 0 aliphatic rings. The molecular formula is C13H16ClF3N2O2. The Morgan fingerprint density at radius 2 is 2.10 bits per heavy atom. The second-order valence-electron chi connectivity index (χ2n) is 4.68. The largest absolute Gasteiger partial charge is 0.417 e. The molecule has 0 aromatic heterocycles. The molecule has 4 nitrogen and oxygen atoms in total. The Morgan fingerprint density at radius 3 is 2.62 bits per heavy atom. The third-order valence-electron chi connectivity index (χ3n) is 2.75. The molecule has 0 saturated carbocycles. The average molecular weight is 325 g/mol. The fourth-order valence-electron chi connectivity index (χ4n) is 1.52. The maximum absolute atomic E-state index is 12.7. The van der Waals surface area contributed by atoms with E-state index in [0.717, 1.165) is 12.1 Å². The molecule has 21 heavy (non-hydrogen) atoms. The number of carbonyl (C=O) groups excluding carboxylic acids is 1. The smallest absolute Gasteiger partial charge is 0.393 e. The fourth-order valence-corrected chi connectivity index (χ4v) is 1.75. The number of urea groups is 1. The van der Waals surface area contributed by atoms with E-state index in [4.69, 9.17) is 16.7 Å². The highest BCUT2D eigenvalue weighted by Crippen LogP contribution is 2.36. The number of halogens is 4. The van der Waals surface area contributed by atoms with Crippen LogP contribution < -0.4 is 5.32 Å². The van der Waals surface area contributed by atoms with Crippen LogP contribution in [0.25, 0.3) is 0 Å². The van der Waals surface area contributed by atoms with Gasteiger partial charge in [0.05, 0.1) is 16.7 Å². The summed E-state index contributed by atoms with van der Waals surface area (Å²) in [5.74, 6) is 0. The van der Waals surface area contributed by atoms with Crippen molar-refractivity contribution < 1.29 is 23.1 Å². The van der Waals surface area contributed by atoms with Crippen molar-refractivity contribution in [2.24, 2.45) is 0 Å². The lowest BCUT2D eigenvalue weighted by Crippen LogP contribution is -2.33. The van der Waals surface area contributed by atoms with Gasteiger partial charge in [-0.3, -0.25) is 0 Å². The molecule has 0 aliphatic heterocycles. The van der Waals surface area contributed by atoms with E-state index in [2.05, 4.69) is 5.32 Å². The number of hydrogen-bond donors (Lipinski definition) is 2. The van der Waals surface area contributed by atoms with Crippen molar-refractivity contribution in [3.05, 3.63) is 28.8 Å². The van der Waals surface area contributed by atoms with Crippen molar-refractivity contribution in [2.75, 3.05) is 18.9 Å². The quantitative estimate of drug-likeness (QED) is 0.889. The summed E-state index contributed by atoms with van der Waals surface area (Å²) in [4.78, 5) is 13.1. The molecular weight excluding hydrogens is 309 g/mol. The van der Waals surface area contributed by atoms with E-state index in [1.807, 2.05) is 0 Å². The predicted molar refractivity (Wildman–Crippen MR) is 74.4 cm³/mol. The number of amides is 2. The van der Waals surface area contributed by atoms with Gasteiger partial charge in [0.2, 0.25) is 0 Å². The van der Waals surface area contributed by atoms with Crippen molar-refractivity contribution in [3.63, 3.8) is 0 Å². The zero-order valence-electron chi connectivity index (χ0n) is 11.5. The zero-order chi connectivity index (χ0) is 16.2. The van der Waals surface area contributed by atoms with Gasteiger partial charge in [-0.15, -0.1) is 0 Å². The first kappa shape index (κ1) is 17.6. The van der Waals surface area contributed by atoms with Crippen LogP contribution in [0.2, 0.25) is 5.02 Å². The Morgan fingerprint density at radius 1 is 1.48 bits per heavy atom. The molecule has 0 saturated heterocycles. The molecule has 2 amide bonds. The molecule has 1 aromatic carbocycles. The van der Waals surface area contributed by atoms with Crippen molar-refractivity contribution >= 4 is 23.3 Å². The third-order valence-corrected chi connectivity index (χ3v) is 3.08. The highest BCUT2D eigenvalue weighted by atomic mass is 35.5. The van der Waals surface area contributed by atoms with E-state index < -0.39 is 28.9 Å². The Labute approximate surface area is 125 Å². The van der Waals surface area contributed by atoms with Gasteiger partial charge in [0.25, 0.3) is 0 Å². The SMILES string of the molecule is CC(O)CCN(C)C(=O)Nc1ccc(Cl)c(C(F)(F)F)c1. The first-order valence-electron chi connectivity index (χ1n) is 6.18. The number of nitrogens with one attached hydrogen (secondary N) is 1. The lowest BCUT2D eigenvalue weighted by molar-refractivity contribution is -0.137. The number of rotatable bonds is 4. The normalized spacial score (nSPS) is 12.9. The van der Waals surface area contributed by atoms with E-state index in [9.17, 15) is 18.0 Å². The van der Waals surface area contributed by atoms with Crippen LogP contribution in [0.15, 0.2) is 18.2 Å². The molecule has 8 heteroatoms. The van der Waals surface area contributed by atoms with Crippen molar-refractivity contribution in [3.8, 4) is 0 Å². The second kappa shape index (κ2) is 7.00. The minimum Gasteiger partial charge on any atom is -0.393 e. The zero-order valence-corrected chi connectivity index (χ0v) is 12.3. The molecule has 118 valence electrons. The van der Waals surface area contributed by atoms with Crippen molar-refractivity contribution in [1.29, 1.82) is 0 Å². The topological polar surface area (TPSA) is 52.6 Å². The lowest BCUT2D eigenvalue weighted by Gasteiger charge is -2.19. The molecule has 0 fully saturated rings. The van der Waals surface area contributed by atoms with Gasteiger partial charge in [-0.25, -0.2) is 4.79 Å². The summed E-state index contributed by atoms with van der Waals surface area (Å²) in [5, 5.41) is 11.1. The minimum absolute atomic E-state index is 0.000576. The van der Waals surface area contributed by atoms with E-state index in [-0.39, 0.29) is 12.2 Å². The monoisotopic (exact) mass is 324 g/mol. The van der Waals surface area contributed by atoms with Gasteiger partial charge in [-0.2, -0.15) is 13.2 Å². The molecule has 0 aliphatic carbocycles. The van der Waals surface area contributed by atoms with Crippen LogP contribution in [-0.2, 0) is 6.18 Å². The summed E-state index contributed by atoms with van der Waals surface area (Å²) in [6, 6.07) is 2.59. The Bertz CT molecular complexity index is 507. The summed E-state index contributed by atoms with van der Waals surface area (Å²) in [6.07, 6.45) is -4.78. The Kier molecular flexibility index (Phi) is 5.86. The minimum atomic E-state index is -4.59. The number of anilines is 1. The van der Waals surface area contributed by atoms with Crippen LogP contribution in [0.4, 0.5) is 23.7 Å². The average Bonchev–Trinajstić information content (AvgIpc) is 2.36. The summed E-state index contributed by atoms with van der Waals surface area (Å²) < 4.78 is 38.1. The van der Waals surface area contributed by atoms with Gasteiger partial charge < -0.3 is 15.3 Å². The van der Waals surface area contributed by atoms with Gasteiger partial charge >= 0.3 is 12.2 Å². The molecule has 0 radical (unpaired) electrons. The number of aliphatic hydroxyl groups is 1. The van der Waals surface area contributed by atoms with E-state index in [1.54, 1.807) is 6.92 Å². The number of hydrogen-bond acceptors (Lipinski definition) is 2. The van der Waals surface area contributed by atoms with Crippen LogP contribution in [0.1, 0.15) is 18.9 Å². The molecule has 0 bridgehead atoms. The highest BCUT2D eigenvalue weighted by molar-refractivity contribution is 6.31. The molecule has 1 aromatic rings.